The molecule has 0 radical (unpaired) electrons. The molecule has 16 heavy (non-hydrogen) atoms. The molecule has 1 aliphatic carbocycles. The maximum absolute atomic E-state index is 11.4. The van der Waals surface area contributed by atoms with Crippen LogP contribution in [0.3, 0.4) is 0 Å². The predicted molar refractivity (Wildman–Crippen MR) is 69.0 cm³/mol. The third kappa shape index (κ3) is 3.98. The number of carboxylic acids is 1. The smallest absolute Gasteiger partial charge is 0.323 e. The van der Waals surface area contributed by atoms with Gasteiger partial charge in [0.1, 0.15) is 5.54 Å². The van der Waals surface area contributed by atoms with Gasteiger partial charge in [-0.2, -0.15) is 11.8 Å². The van der Waals surface area contributed by atoms with Gasteiger partial charge in [-0.1, -0.05) is 13.8 Å². The van der Waals surface area contributed by atoms with Crippen molar-refractivity contribution in [1.82, 2.24) is 5.32 Å². The summed E-state index contributed by atoms with van der Waals surface area (Å²) < 4.78 is 0. The van der Waals surface area contributed by atoms with Crippen molar-refractivity contribution >= 4 is 17.7 Å². The molecule has 0 spiro atoms. The fourth-order valence-corrected chi connectivity index (χ4v) is 2.55. The van der Waals surface area contributed by atoms with Crippen molar-refractivity contribution < 1.29 is 9.90 Å². The summed E-state index contributed by atoms with van der Waals surface area (Å²) in [6, 6.07) is 0.454. The van der Waals surface area contributed by atoms with E-state index in [1.807, 2.05) is 18.7 Å². The van der Waals surface area contributed by atoms with Gasteiger partial charge in [0, 0.05) is 6.04 Å². The van der Waals surface area contributed by atoms with Crippen LogP contribution in [0.2, 0.25) is 0 Å². The number of carbonyl (C=O) groups is 1. The molecule has 1 rings (SSSR count). The van der Waals surface area contributed by atoms with Gasteiger partial charge in [-0.3, -0.25) is 10.1 Å². The van der Waals surface area contributed by atoms with Crippen LogP contribution in [-0.2, 0) is 4.79 Å². The van der Waals surface area contributed by atoms with Crippen LogP contribution in [0.25, 0.3) is 0 Å². The Morgan fingerprint density at radius 3 is 2.62 bits per heavy atom. The molecule has 3 nitrogen and oxygen atoms in total. The van der Waals surface area contributed by atoms with Crippen molar-refractivity contribution in [3.8, 4) is 0 Å². The SMILES string of the molecule is CCSCCCC(CC)(NC1CC1)C(=O)O. The van der Waals surface area contributed by atoms with Crippen LogP contribution in [0.15, 0.2) is 0 Å². The third-order valence-corrected chi connectivity index (χ3v) is 4.15. The second kappa shape index (κ2) is 6.50. The fourth-order valence-electron chi connectivity index (χ4n) is 1.91. The zero-order valence-corrected chi connectivity index (χ0v) is 11.1. The zero-order valence-electron chi connectivity index (χ0n) is 10.3. The van der Waals surface area contributed by atoms with E-state index in [4.69, 9.17) is 0 Å². The second-order valence-corrected chi connectivity index (χ2v) is 5.85. The monoisotopic (exact) mass is 245 g/mol. The van der Waals surface area contributed by atoms with E-state index < -0.39 is 11.5 Å². The first kappa shape index (κ1) is 13.8. The number of hydrogen-bond donors (Lipinski definition) is 2. The van der Waals surface area contributed by atoms with Gasteiger partial charge >= 0.3 is 5.97 Å². The lowest BCUT2D eigenvalue weighted by molar-refractivity contribution is -0.145. The summed E-state index contributed by atoms with van der Waals surface area (Å²) >= 11 is 1.88. The van der Waals surface area contributed by atoms with Gasteiger partial charge in [0.15, 0.2) is 0 Å². The molecule has 0 aromatic heterocycles. The molecule has 0 heterocycles. The summed E-state index contributed by atoms with van der Waals surface area (Å²) in [7, 11) is 0. The van der Waals surface area contributed by atoms with Crippen LogP contribution < -0.4 is 5.32 Å². The van der Waals surface area contributed by atoms with Crippen molar-refractivity contribution in [3.63, 3.8) is 0 Å². The zero-order chi connectivity index (χ0) is 12.0. The molecular weight excluding hydrogens is 222 g/mol. The van der Waals surface area contributed by atoms with Crippen LogP contribution in [0.4, 0.5) is 0 Å². The van der Waals surface area contributed by atoms with Crippen LogP contribution in [0, 0.1) is 0 Å². The van der Waals surface area contributed by atoms with E-state index in [9.17, 15) is 9.90 Å². The number of aliphatic carboxylic acids is 1. The maximum atomic E-state index is 11.4. The van der Waals surface area contributed by atoms with Crippen LogP contribution in [0.5, 0.6) is 0 Å². The lowest BCUT2D eigenvalue weighted by Crippen LogP contribution is -2.52. The van der Waals surface area contributed by atoms with Crippen LogP contribution >= 0.6 is 11.8 Å². The first-order chi connectivity index (χ1) is 7.64. The van der Waals surface area contributed by atoms with Gasteiger partial charge < -0.3 is 5.11 Å². The van der Waals surface area contributed by atoms with E-state index >= 15 is 0 Å². The van der Waals surface area contributed by atoms with E-state index in [1.165, 1.54) is 0 Å². The highest BCUT2D eigenvalue weighted by Crippen LogP contribution is 2.27. The molecule has 1 unspecified atom stereocenters. The van der Waals surface area contributed by atoms with Gasteiger partial charge in [0.05, 0.1) is 0 Å². The van der Waals surface area contributed by atoms with Crippen LogP contribution in [0.1, 0.15) is 46.0 Å². The fraction of sp³-hybridized carbons (Fsp3) is 0.917. The lowest BCUT2D eigenvalue weighted by Gasteiger charge is -2.29. The molecule has 0 bridgehead atoms. The summed E-state index contributed by atoms with van der Waals surface area (Å²) in [5.74, 6) is 1.50. The molecule has 4 heteroatoms. The highest BCUT2D eigenvalue weighted by Gasteiger charge is 2.40. The van der Waals surface area contributed by atoms with E-state index in [0.717, 1.165) is 37.2 Å². The Bertz CT molecular complexity index is 231. The normalized spacial score (nSPS) is 19.4. The molecule has 0 amide bonds. The Balaban J connectivity index is 2.43. The Morgan fingerprint density at radius 1 is 1.50 bits per heavy atom. The van der Waals surface area contributed by atoms with Gasteiger partial charge in [-0.15, -0.1) is 0 Å². The van der Waals surface area contributed by atoms with Gasteiger partial charge in [-0.25, -0.2) is 0 Å². The number of thioether (sulfide) groups is 1. The lowest BCUT2D eigenvalue weighted by atomic mass is 9.90. The largest absolute Gasteiger partial charge is 0.480 e. The second-order valence-electron chi connectivity index (χ2n) is 4.46. The highest BCUT2D eigenvalue weighted by molar-refractivity contribution is 7.99. The summed E-state index contributed by atoms with van der Waals surface area (Å²) in [5, 5.41) is 12.7. The Hall–Kier alpha value is -0.220. The number of rotatable bonds is 9. The number of nitrogens with one attached hydrogen (secondary N) is 1. The average Bonchev–Trinajstić information content (AvgIpc) is 3.06. The minimum Gasteiger partial charge on any atom is -0.480 e. The molecular formula is C12H23NO2S. The Kier molecular flexibility index (Phi) is 5.62. The standard InChI is InChI=1S/C12H23NO2S/c1-3-12(11(14)15,13-10-6-7-10)8-5-9-16-4-2/h10,13H,3-9H2,1-2H3,(H,14,15). The molecule has 0 aromatic rings. The van der Waals surface area contributed by atoms with E-state index in [0.29, 0.717) is 12.5 Å². The van der Waals surface area contributed by atoms with E-state index in [2.05, 4.69) is 12.2 Å². The van der Waals surface area contributed by atoms with Crippen molar-refractivity contribution in [2.75, 3.05) is 11.5 Å². The van der Waals surface area contributed by atoms with Crippen molar-refractivity contribution in [1.29, 1.82) is 0 Å². The Labute approximate surface area is 102 Å². The summed E-state index contributed by atoms with van der Waals surface area (Å²) in [6.45, 7) is 4.11. The number of carboxylic acid groups (broad SMARTS) is 1. The van der Waals surface area contributed by atoms with Gasteiger partial charge in [0.25, 0.3) is 0 Å². The van der Waals surface area contributed by atoms with Gasteiger partial charge in [-0.05, 0) is 43.6 Å². The quantitative estimate of drug-likeness (QED) is 0.613. The van der Waals surface area contributed by atoms with Gasteiger partial charge in [0.2, 0.25) is 0 Å². The average molecular weight is 245 g/mol. The topological polar surface area (TPSA) is 49.3 Å². The van der Waals surface area contributed by atoms with Crippen LogP contribution in [-0.4, -0.2) is 34.2 Å². The summed E-state index contributed by atoms with van der Waals surface area (Å²) in [5.41, 5.74) is -0.671. The molecule has 1 atom stereocenters. The van der Waals surface area contributed by atoms with E-state index in [1.54, 1.807) is 0 Å². The first-order valence-corrected chi connectivity index (χ1v) is 7.39. The molecule has 0 aromatic carbocycles. The molecule has 1 saturated carbocycles. The minimum atomic E-state index is -0.677. The molecule has 94 valence electrons. The Morgan fingerprint density at radius 2 is 2.19 bits per heavy atom. The minimum absolute atomic E-state index is 0.454. The van der Waals surface area contributed by atoms with Crippen molar-refractivity contribution in [3.05, 3.63) is 0 Å². The molecule has 0 aliphatic heterocycles. The predicted octanol–water partition coefficient (Wildman–Crippen LogP) is 2.51. The van der Waals surface area contributed by atoms with E-state index in [-0.39, 0.29) is 0 Å². The molecule has 0 saturated heterocycles. The first-order valence-electron chi connectivity index (χ1n) is 6.23. The number of hydrogen-bond acceptors (Lipinski definition) is 3. The third-order valence-electron chi connectivity index (χ3n) is 3.17. The highest BCUT2D eigenvalue weighted by atomic mass is 32.2. The molecule has 1 aliphatic rings. The molecule has 1 fully saturated rings. The maximum Gasteiger partial charge on any atom is 0.323 e. The van der Waals surface area contributed by atoms with Crippen molar-refractivity contribution in [2.24, 2.45) is 0 Å². The molecule has 2 N–H and O–H groups in total. The van der Waals surface area contributed by atoms with Crippen molar-refractivity contribution in [2.45, 2.75) is 57.5 Å². The summed E-state index contributed by atoms with van der Waals surface area (Å²) in [6.07, 6.45) is 4.69. The summed E-state index contributed by atoms with van der Waals surface area (Å²) in [4.78, 5) is 11.4.